The average Bonchev–Trinajstić information content (AvgIpc) is 2.97. The van der Waals surface area contributed by atoms with E-state index in [-0.39, 0.29) is 0 Å². The Morgan fingerprint density at radius 3 is 1.17 bits per heavy atom. The molecule has 246 valence electrons. The van der Waals surface area contributed by atoms with Gasteiger partial charge in [-0.25, -0.2) is 0 Å². The summed E-state index contributed by atoms with van der Waals surface area (Å²) in [5.41, 5.74) is 0. The van der Waals surface area contributed by atoms with E-state index in [0.29, 0.717) is 12.8 Å². The number of nitrogens with one attached hydrogen (secondary N) is 1. The van der Waals surface area contributed by atoms with E-state index in [1.807, 2.05) is 0 Å². The van der Waals surface area contributed by atoms with Crippen LogP contribution < -0.4 is 5.32 Å². The Balaban J connectivity index is 3.63. The Morgan fingerprint density at radius 1 is 0.512 bits per heavy atom. The number of rotatable bonds is 32. The van der Waals surface area contributed by atoms with E-state index in [2.05, 4.69) is 19.2 Å². The van der Waals surface area contributed by atoms with Crippen molar-refractivity contribution in [2.75, 3.05) is 6.61 Å². The van der Waals surface area contributed by atoms with Crippen molar-refractivity contribution in [3.05, 3.63) is 0 Å². The lowest BCUT2D eigenvalue weighted by Crippen LogP contribution is -2.53. The highest BCUT2D eigenvalue weighted by Gasteiger charge is 2.28. The summed E-state index contributed by atoms with van der Waals surface area (Å²) in [6.07, 6.45) is 28.8. The summed E-state index contributed by atoms with van der Waals surface area (Å²) in [6.45, 7) is 3.94. The van der Waals surface area contributed by atoms with Crippen LogP contribution in [0.25, 0.3) is 0 Å². The lowest BCUT2D eigenvalue weighted by atomic mass is 9.99. The molecule has 41 heavy (non-hydrogen) atoms. The van der Waals surface area contributed by atoms with Crippen molar-refractivity contribution in [3.8, 4) is 0 Å². The summed E-state index contributed by atoms with van der Waals surface area (Å²) in [5, 5.41) is 42.9. The lowest BCUT2D eigenvalue weighted by molar-refractivity contribution is -0.132. The molecule has 4 atom stereocenters. The molecule has 0 aliphatic heterocycles. The van der Waals surface area contributed by atoms with Crippen molar-refractivity contribution in [3.63, 3.8) is 0 Å². The molecule has 1 amide bonds. The van der Waals surface area contributed by atoms with Gasteiger partial charge < -0.3 is 25.7 Å². The van der Waals surface area contributed by atoms with Gasteiger partial charge in [-0.1, -0.05) is 174 Å². The fourth-order valence-corrected chi connectivity index (χ4v) is 5.64. The molecule has 6 nitrogen and oxygen atoms in total. The highest BCUT2D eigenvalue weighted by molar-refractivity contribution is 5.80. The molecule has 0 saturated carbocycles. The molecule has 0 aromatic carbocycles. The predicted molar refractivity (Wildman–Crippen MR) is 173 cm³/mol. The smallest absolute Gasteiger partial charge is 0.249 e. The first-order chi connectivity index (χ1) is 20.0. The van der Waals surface area contributed by atoms with Crippen LogP contribution in [0.5, 0.6) is 0 Å². The van der Waals surface area contributed by atoms with Crippen molar-refractivity contribution in [2.45, 2.75) is 212 Å². The first-order valence-electron chi connectivity index (χ1n) is 17.9. The highest BCUT2D eigenvalue weighted by Crippen LogP contribution is 2.16. The molecule has 0 aromatic rings. The van der Waals surface area contributed by atoms with E-state index < -0.39 is 36.9 Å². The minimum Gasteiger partial charge on any atom is -0.394 e. The monoisotopic (exact) mass is 586 g/mol. The van der Waals surface area contributed by atoms with Gasteiger partial charge in [0.05, 0.1) is 18.8 Å². The maximum Gasteiger partial charge on any atom is 0.249 e. The Morgan fingerprint density at radius 2 is 0.829 bits per heavy atom. The third-order valence-corrected chi connectivity index (χ3v) is 8.57. The van der Waals surface area contributed by atoms with E-state index in [1.54, 1.807) is 0 Å². The van der Waals surface area contributed by atoms with Gasteiger partial charge >= 0.3 is 0 Å². The molecule has 0 fully saturated rings. The number of hydrogen-bond donors (Lipinski definition) is 5. The van der Waals surface area contributed by atoms with Gasteiger partial charge in [0.1, 0.15) is 12.2 Å². The van der Waals surface area contributed by atoms with Gasteiger partial charge in [0.2, 0.25) is 5.91 Å². The van der Waals surface area contributed by atoms with Crippen LogP contribution >= 0.6 is 0 Å². The Labute approximate surface area is 254 Å². The van der Waals surface area contributed by atoms with Crippen LogP contribution in [0.4, 0.5) is 0 Å². The number of carbonyl (C=O) groups is 1. The van der Waals surface area contributed by atoms with E-state index in [1.165, 1.54) is 109 Å². The van der Waals surface area contributed by atoms with E-state index in [0.717, 1.165) is 51.4 Å². The number of unbranched alkanes of at least 4 members (excludes halogenated alkanes) is 23. The zero-order valence-corrected chi connectivity index (χ0v) is 27.3. The Hall–Kier alpha value is -0.690. The van der Waals surface area contributed by atoms with Crippen molar-refractivity contribution in [2.24, 2.45) is 0 Å². The van der Waals surface area contributed by atoms with E-state index >= 15 is 0 Å². The predicted octanol–water partition coefficient (Wildman–Crippen LogP) is 8.12. The van der Waals surface area contributed by atoms with Crippen LogP contribution in [0, 0.1) is 0 Å². The van der Waals surface area contributed by atoms with Gasteiger partial charge in [-0.05, 0) is 12.8 Å². The number of aliphatic hydroxyl groups is 4. The lowest BCUT2D eigenvalue weighted by Gasteiger charge is -2.27. The molecule has 6 heteroatoms. The second-order valence-corrected chi connectivity index (χ2v) is 12.6. The number of carbonyl (C=O) groups excluding carboxylic acids is 1. The molecule has 0 aliphatic rings. The van der Waals surface area contributed by atoms with Gasteiger partial charge in [0.15, 0.2) is 0 Å². The maximum atomic E-state index is 12.3. The average molecular weight is 586 g/mol. The molecule has 0 aliphatic carbocycles. The maximum absolute atomic E-state index is 12.3. The zero-order chi connectivity index (χ0) is 30.4. The molecule has 4 unspecified atom stereocenters. The first-order valence-corrected chi connectivity index (χ1v) is 17.9. The third-order valence-electron chi connectivity index (χ3n) is 8.57. The van der Waals surface area contributed by atoms with Gasteiger partial charge in [-0.2, -0.15) is 0 Å². The standard InChI is InChI=1S/C35H71NO5/c1-3-5-7-9-10-11-12-13-14-15-16-17-18-19-20-21-22-23-25-27-29-33(39)35(41)36-31(30-37)34(40)32(38)28-26-24-8-6-4-2/h31-34,37-40H,3-30H2,1-2H3,(H,36,41). The van der Waals surface area contributed by atoms with Crippen molar-refractivity contribution < 1.29 is 25.2 Å². The first kappa shape index (κ1) is 40.3. The zero-order valence-electron chi connectivity index (χ0n) is 27.3. The van der Waals surface area contributed by atoms with Crippen LogP contribution in [0.2, 0.25) is 0 Å². The van der Waals surface area contributed by atoms with Crippen LogP contribution in [-0.2, 0) is 4.79 Å². The van der Waals surface area contributed by atoms with Crippen LogP contribution in [0.1, 0.15) is 187 Å². The molecule has 0 radical (unpaired) electrons. The molecule has 0 aromatic heterocycles. The SMILES string of the molecule is CCCCCCCCCCCCCCCCCCCCCCC(O)C(=O)NC(CO)C(O)C(O)CCCCCCC. The molecule has 0 spiro atoms. The van der Waals surface area contributed by atoms with Crippen molar-refractivity contribution >= 4 is 5.91 Å². The van der Waals surface area contributed by atoms with E-state index in [9.17, 15) is 25.2 Å². The quantitative estimate of drug-likeness (QED) is 0.0512. The fourth-order valence-electron chi connectivity index (χ4n) is 5.64. The second-order valence-electron chi connectivity index (χ2n) is 12.6. The summed E-state index contributed by atoms with van der Waals surface area (Å²) in [4.78, 5) is 12.3. The topological polar surface area (TPSA) is 110 Å². The molecular formula is C35H71NO5. The van der Waals surface area contributed by atoms with E-state index in [4.69, 9.17) is 0 Å². The Kier molecular flexibility index (Phi) is 30.2. The molecule has 0 rings (SSSR count). The van der Waals surface area contributed by atoms with Crippen LogP contribution in [-0.4, -0.2) is 57.3 Å². The van der Waals surface area contributed by atoms with Gasteiger partial charge in [-0.3, -0.25) is 4.79 Å². The Bertz CT molecular complexity index is 547. The van der Waals surface area contributed by atoms with Crippen molar-refractivity contribution in [1.29, 1.82) is 0 Å². The normalized spacial score (nSPS) is 14.6. The summed E-state index contributed by atoms with van der Waals surface area (Å²) in [7, 11) is 0. The fraction of sp³-hybridized carbons (Fsp3) is 0.971. The van der Waals surface area contributed by atoms with Crippen molar-refractivity contribution in [1.82, 2.24) is 5.32 Å². The molecule has 0 saturated heterocycles. The summed E-state index contributed by atoms with van der Waals surface area (Å²) < 4.78 is 0. The van der Waals surface area contributed by atoms with Gasteiger partial charge in [0.25, 0.3) is 0 Å². The molecule has 0 heterocycles. The van der Waals surface area contributed by atoms with Crippen LogP contribution in [0.3, 0.4) is 0 Å². The van der Waals surface area contributed by atoms with Gasteiger partial charge in [-0.15, -0.1) is 0 Å². The number of aliphatic hydroxyl groups excluding tert-OH is 4. The van der Waals surface area contributed by atoms with Gasteiger partial charge in [0, 0.05) is 0 Å². The summed E-state index contributed by atoms with van der Waals surface area (Å²) in [6, 6.07) is -0.974. The third kappa shape index (κ3) is 25.5. The largest absolute Gasteiger partial charge is 0.394 e. The number of amides is 1. The van der Waals surface area contributed by atoms with Crippen LogP contribution in [0.15, 0.2) is 0 Å². The molecule has 0 bridgehead atoms. The minimum atomic E-state index is -1.25. The molecule has 5 N–H and O–H groups in total. The second kappa shape index (κ2) is 30.8. The number of hydrogen-bond acceptors (Lipinski definition) is 5. The minimum absolute atomic E-state index is 0.374. The molecular weight excluding hydrogens is 514 g/mol. The highest BCUT2D eigenvalue weighted by atomic mass is 16.3. The summed E-state index contributed by atoms with van der Waals surface area (Å²) in [5.74, 6) is -0.587. The summed E-state index contributed by atoms with van der Waals surface area (Å²) >= 11 is 0.